The van der Waals surface area contributed by atoms with Gasteiger partial charge in [0, 0.05) is 19.1 Å². The van der Waals surface area contributed by atoms with Gasteiger partial charge in [-0.3, -0.25) is 10.3 Å². The van der Waals surface area contributed by atoms with Crippen molar-refractivity contribution >= 4 is 11.9 Å². The Morgan fingerprint density at radius 2 is 1.95 bits per heavy atom. The van der Waals surface area contributed by atoms with E-state index in [1.807, 2.05) is 4.90 Å². The maximum Gasteiger partial charge on any atom is 0.405 e. The zero-order chi connectivity index (χ0) is 14.5. The second kappa shape index (κ2) is 6.60. The van der Waals surface area contributed by atoms with E-state index < -0.39 is 18.8 Å². The fourth-order valence-electron chi connectivity index (χ4n) is 1.89. The molecule has 0 aromatic heterocycles. The highest BCUT2D eigenvalue weighted by Crippen LogP contribution is 2.12. The van der Waals surface area contributed by atoms with Gasteiger partial charge in [0.1, 0.15) is 12.4 Å². The molecule has 19 heavy (non-hydrogen) atoms. The van der Waals surface area contributed by atoms with Crippen LogP contribution in [0.25, 0.3) is 0 Å². The van der Waals surface area contributed by atoms with E-state index in [-0.39, 0.29) is 11.9 Å². The summed E-state index contributed by atoms with van der Waals surface area (Å²) in [6.07, 6.45) is -3.14. The van der Waals surface area contributed by atoms with Crippen LogP contribution in [0.15, 0.2) is 0 Å². The van der Waals surface area contributed by atoms with E-state index in [2.05, 4.69) is 5.32 Å². The van der Waals surface area contributed by atoms with Crippen LogP contribution in [-0.2, 0) is 0 Å². The number of halogens is 3. The number of carbonyl (C=O) groups is 1. The lowest BCUT2D eigenvalue weighted by Gasteiger charge is -2.31. The maximum atomic E-state index is 11.9. The Labute approximate surface area is 109 Å². The quantitative estimate of drug-likeness (QED) is 0.439. The first kappa shape index (κ1) is 15.5. The number of alkyl halides is 3. The smallest absolute Gasteiger partial charge is 0.387 e. The van der Waals surface area contributed by atoms with Gasteiger partial charge in [-0.1, -0.05) is 0 Å². The maximum absolute atomic E-state index is 11.9. The van der Waals surface area contributed by atoms with Crippen LogP contribution in [0.2, 0.25) is 0 Å². The zero-order valence-corrected chi connectivity index (χ0v) is 10.4. The van der Waals surface area contributed by atoms with Crippen LogP contribution in [0.1, 0.15) is 12.8 Å². The largest absolute Gasteiger partial charge is 0.405 e. The third-order valence-corrected chi connectivity index (χ3v) is 2.77. The Hall–Kier alpha value is -1.51. The normalized spacial score (nSPS) is 18.1. The molecular weight excluding hydrogens is 263 g/mol. The van der Waals surface area contributed by atoms with Crippen molar-refractivity contribution in [2.45, 2.75) is 25.1 Å². The van der Waals surface area contributed by atoms with Gasteiger partial charge in [0.15, 0.2) is 0 Å². The van der Waals surface area contributed by atoms with Gasteiger partial charge in [-0.05, 0) is 12.8 Å². The number of hydrogen-bond donors (Lipinski definition) is 4. The summed E-state index contributed by atoms with van der Waals surface area (Å²) in [6, 6.07) is -0.946. The number of amides is 2. The van der Waals surface area contributed by atoms with Crippen LogP contribution in [0, 0.1) is 5.41 Å². The van der Waals surface area contributed by atoms with Gasteiger partial charge in [-0.2, -0.15) is 13.2 Å². The van der Waals surface area contributed by atoms with E-state index in [0.29, 0.717) is 32.5 Å². The molecule has 0 radical (unpaired) electrons. The fraction of sp³-hybridized carbons (Fsp3) is 0.800. The number of nitrogens with two attached hydrogens (primary N) is 1. The molecule has 1 fully saturated rings. The summed E-state index contributed by atoms with van der Waals surface area (Å²) < 4.78 is 35.7. The summed E-state index contributed by atoms with van der Waals surface area (Å²) in [7, 11) is 0. The number of likely N-dealkylation sites (tertiary alicyclic amines) is 1. The minimum Gasteiger partial charge on any atom is -0.387 e. The predicted octanol–water partition coefficient (Wildman–Crippen LogP) is 0.248. The number of rotatable bonds is 4. The SMILES string of the molecule is N=C(N)CN1CCC(NC(=O)NCC(F)(F)F)CC1. The molecule has 1 aliphatic rings. The summed E-state index contributed by atoms with van der Waals surface area (Å²) in [5.74, 6) is 0.0781. The predicted molar refractivity (Wildman–Crippen MR) is 64.0 cm³/mol. The Morgan fingerprint density at radius 1 is 1.37 bits per heavy atom. The van der Waals surface area contributed by atoms with Gasteiger partial charge in [0.05, 0.1) is 6.54 Å². The highest BCUT2D eigenvalue weighted by Gasteiger charge is 2.28. The summed E-state index contributed by atoms with van der Waals surface area (Å²) in [5, 5.41) is 11.4. The second-order valence-corrected chi connectivity index (χ2v) is 4.52. The van der Waals surface area contributed by atoms with Gasteiger partial charge in [-0.15, -0.1) is 0 Å². The Balaban J connectivity index is 2.21. The van der Waals surface area contributed by atoms with Crippen molar-refractivity contribution in [3.05, 3.63) is 0 Å². The topological polar surface area (TPSA) is 94.2 Å². The first-order valence-corrected chi connectivity index (χ1v) is 5.92. The Morgan fingerprint density at radius 3 is 2.42 bits per heavy atom. The van der Waals surface area contributed by atoms with Crippen LogP contribution < -0.4 is 16.4 Å². The summed E-state index contributed by atoms with van der Waals surface area (Å²) >= 11 is 0. The molecular formula is C10H18F3N5O. The van der Waals surface area contributed by atoms with Crippen molar-refractivity contribution in [1.29, 1.82) is 5.41 Å². The summed E-state index contributed by atoms with van der Waals surface area (Å²) in [4.78, 5) is 13.2. The average Bonchev–Trinajstić information content (AvgIpc) is 2.28. The monoisotopic (exact) mass is 281 g/mol. The van der Waals surface area contributed by atoms with Gasteiger partial charge >= 0.3 is 12.2 Å². The third kappa shape index (κ3) is 6.85. The van der Waals surface area contributed by atoms with Crippen molar-refractivity contribution in [2.75, 3.05) is 26.2 Å². The van der Waals surface area contributed by atoms with E-state index in [4.69, 9.17) is 11.1 Å². The van der Waals surface area contributed by atoms with Crippen LogP contribution in [-0.4, -0.2) is 55.2 Å². The van der Waals surface area contributed by atoms with E-state index in [0.717, 1.165) is 0 Å². The second-order valence-electron chi connectivity index (χ2n) is 4.52. The Kier molecular flexibility index (Phi) is 5.40. The molecule has 5 N–H and O–H groups in total. The van der Waals surface area contributed by atoms with E-state index in [1.54, 1.807) is 5.32 Å². The first-order valence-electron chi connectivity index (χ1n) is 5.92. The lowest BCUT2D eigenvalue weighted by Crippen LogP contribution is -2.50. The summed E-state index contributed by atoms with van der Waals surface area (Å²) in [5.41, 5.74) is 5.27. The highest BCUT2D eigenvalue weighted by atomic mass is 19.4. The number of amidine groups is 1. The molecule has 9 heteroatoms. The molecule has 0 atom stereocenters. The number of urea groups is 1. The molecule has 0 aromatic rings. The van der Waals surface area contributed by atoms with Crippen molar-refractivity contribution in [2.24, 2.45) is 5.73 Å². The average molecular weight is 281 g/mol. The number of nitrogens with one attached hydrogen (secondary N) is 3. The van der Waals surface area contributed by atoms with Crippen LogP contribution >= 0.6 is 0 Å². The zero-order valence-electron chi connectivity index (χ0n) is 10.4. The van der Waals surface area contributed by atoms with Crippen molar-refractivity contribution < 1.29 is 18.0 Å². The van der Waals surface area contributed by atoms with Crippen molar-refractivity contribution in [3.8, 4) is 0 Å². The third-order valence-electron chi connectivity index (χ3n) is 2.77. The van der Waals surface area contributed by atoms with E-state index in [9.17, 15) is 18.0 Å². The van der Waals surface area contributed by atoms with Crippen LogP contribution in [0.3, 0.4) is 0 Å². The minimum absolute atomic E-state index is 0.0781. The van der Waals surface area contributed by atoms with Gasteiger partial charge in [0.2, 0.25) is 0 Å². The molecule has 1 rings (SSSR count). The van der Waals surface area contributed by atoms with Crippen molar-refractivity contribution in [1.82, 2.24) is 15.5 Å². The standard InChI is InChI=1S/C10H18F3N5O/c11-10(12,13)6-16-9(19)17-7-1-3-18(4-2-7)5-8(14)15/h7H,1-6H2,(H3,14,15)(H2,16,17,19). The van der Waals surface area contributed by atoms with Crippen LogP contribution in [0.5, 0.6) is 0 Å². The fourth-order valence-corrected chi connectivity index (χ4v) is 1.89. The number of nitrogens with zero attached hydrogens (tertiary/aromatic N) is 1. The molecule has 0 aromatic carbocycles. The van der Waals surface area contributed by atoms with E-state index >= 15 is 0 Å². The molecule has 0 aliphatic carbocycles. The van der Waals surface area contributed by atoms with Crippen LogP contribution in [0.4, 0.5) is 18.0 Å². The van der Waals surface area contributed by atoms with Crippen molar-refractivity contribution in [3.63, 3.8) is 0 Å². The molecule has 110 valence electrons. The number of piperidine rings is 1. The molecule has 0 saturated carbocycles. The molecule has 2 amide bonds. The molecule has 1 saturated heterocycles. The first-order chi connectivity index (χ1) is 8.76. The molecule has 1 heterocycles. The van der Waals surface area contributed by atoms with Gasteiger partial charge < -0.3 is 16.4 Å². The molecule has 0 unspecified atom stereocenters. The number of hydrogen-bond acceptors (Lipinski definition) is 3. The molecule has 1 aliphatic heterocycles. The lowest BCUT2D eigenvalue weighted by molar-refractivity contribution is -0.122. The number of carbonyl (C=O) groups excluding carboxylic acids is 1. The Bertz CT molecular complexity index is 326. The molecule has 0 bridgehead atoms. The molecule has 0 spiro atoms. The highest BCUT2D eigenvalue weighted by molar-refractivity contribution is 5.79. The van der Waals surface area contributed by atoms with Gasteiger partial charge in [0.25, 0.3) is 0 Å². The minimum atomic E-state index is -4.40. The summed E-state index contributed by atoms with van der Waals surface area (Å²) in [6.45, 7) is 0.364. The van der Waals surface area contributed by atoms with E-state index in [1.165, 1.54) is 0 Å². The van der Waals surface area contributed by atoms with Gasteiger partial charge in [-0.25, -0.2) is 4.79 Å². The molecule has 6 nitrogen and oxygen atoms in total. The lowest BCUT2D eigenvalue weighted by atomic mass is 10.1.